The molecule has 0 N–H and O–H groups in total. The van der Waals surface area contributed by atoms with Gasteiger partial charge in [0, 0.05) is 17.8 Å². The molecule has 0 saturated carbocycles. The number of thioether (sulfide) groups is 1. The molecule has 1 aliphatic rings. The van der Waals surface area contributed by atoms with Crippen molar-refractivity contribution in [3.63, 3.8) is 0 Å². The number of sulfonamides is 1. The van der Waals surface area contributed by atoms with E-state index in [-0.39, 0.29) is 6.04 Å². The molecule has 1 aliphatic heterocycles. The summed E-state index contributed by atoms with van der Waals surface area (Å²) >= 11 is 1.41. The van der Waals surface area contributed by atoms with Crippen LogP contribution in [0.5, 0.6) is 0 Å². The SMILES string of the molecule is CCC(CC)N1c2nc(SC)ncc2C(C)=CS1(=O)=O. The third-order valence-electron chi connectivity index (χ3n) is 3.44. The summed E-state index contributed by atoms with van der Waals surface area (Å²) < 4.78 is 26.4. The van der Waals surface area contributed by atoms with E-state index in [1.807, 2.05) is 20.1 Å². The van der Waals surface area contributed by atoms with Crippen LogP contribution in [0.3, 0.4) is 0 Å². The standard InChI is InChI=1S/C13H19N3O2S2/c1-5-10(6-2)16-12-11(7-14-13(15-12)19-4)9(3)8-20(16,17)18/h7-8,10H,5-6H2,1-4H3. The largest absolute Gasteiger partial charge is 0.259 e. The topological polar surface area (TPSA) is 63.2 Å². The molecule has 110 valence electrons. The van der Waals surface area contributed by atoms with Gasteiger partial charge in [0.25, 0.3) is 10.0 Å². The predicted molar refractivity (Wildman–Crippen MR) is 83.2 cm³/mol. The number of rotatable bonds is 4. The van der Waals surface area contributed by atoms with Crippen LogP contribution in [0.25, 0.3) is 5.57 Å². The van der Waals surface area contributed by atoms with E-state index in [4.69, 9.17) is 0 Å². The van der Waals surface area contributed by atoms with Gasteiger partial charge in [-0.1, -0.05) is 25.6 Å². The molecule has 1 aromatic heterocycles. The fraction of sp³-hybridized carbons (Fsp3) is 0.538. The van der Waals surface area contributed by atoms with Gasteiger partial charge in [-0.2, -0.15) is 0 Å². The number of allylic oxidation sites excluding steroid dienone is 1. The van der Waals surface area contributed by atoms with Gasteiger partial charge >= 0.3 is 0 Å². The zero-order valence-corrected chi connectivity index (χ0v) is 13.8. The van der Waals surface area contributed by atoms with Gasteiger partial charge in [-0.15, -0.1) is 0 Å². The molecule has 0 atom stereocenters. The average Bonchev–Trinajstić information content (AvgIpc) is 2.42. The first kappa shape index (κ1) is 15.3. The summed E-state index contributed by atoms with van der Waals surface area (Å²) in [6.45, 7) is 5.76. The Bertz CT molecular complexity index is 637. The maximum Gasteiger partial charge on any atom is 0.259 e. The zero-order valence-electron chi connectivity index (χ0n) is 12.1. The Labute approximate surface area is 124 Å². The van der Waals surface area contributed by atoms with E-state index in [0.717, 1.165) is 18.4 Å². The summed E-state index contributed by atoms with van der Waals surface area (Å²) in [6, 6.07) is -0.0762. The highest BCUT2D eigenvalue weighted by Gasteiger charge is 2.34. The van der Waals surface area contributed by atoms with Crippen molar-refractivity contribution in [2.45, 2.75) is 44.8 Å². The van der Waals surface area contributed by atoms with E-state index < -0.39 is 10.0 Å². The van der Waals surface area contributed by atoms with E-state index in [1.54, 1.807) is 13.1 Å². The van der Waals surface area contributed by atoms with Crippen molar-refractivity contribution in [1.29, 1.82) is 0 Å². The monoisotopic (exact) mass is 313 g/mol. The van der Waals surface area contributed by atoms with Gasteiger partial charge in [0.05, 0.1) is 5.41 Å². The first-order valence-corrected chi connectivity index (χ1v) is 9.31. The quantitative estimate of drug-likeness (QED) is 0.632. The Kier molecular flexibility index (Phi) is 4.39. The van der Waals surface area contributed by atoms with Crippen LogP contribution in [0.2, 0.25) is 0 Å². The Hall–Kier alpha value is -1.08. The highest BCUT2D eigenvalue weighted by Crippen LogP contribution is 2.36. The van der Waals surface area contributed by atoms with Gasteiger partial charge in [0.1, 0.15) is 0 Å². The predicted octanol–water partition coefficient (Wildman–Crippen LogP) is 2.90. The van der Waals surface area contributed by atoms with Crippen molar-refractivity contribution < 1.29 is 8.42 Å². The zero-order chi connectivity index (χ0) is 14.9. The molecule has 5 nitrogen and oxygen atoms in total. The van der Waals surface area contributed by atoms with Crippen LogP contribution in [0.15, 0.2) is 16.8 Å². The van der Waals surface area contributed by atoms with Gasteiger partial charge in [-0.25, -0.2) is 22.7 Å². The molecule has 0 bridgehead atoms. The summed E-state index contributed by atoms with van der Waals surface area (Å²) in [6.07, 6.45) is 5.09. The minimum atomic E-state index is -3.46. The fourth-order valence-corrected chi connectivity index (χ4v) is 4.48. The van der Waals surface area contributed by atoms with Crippen LogP contribution < -0.4 is 4.31 Å². The third-order valence-corrected chi connectivity index (χ3v) is 5.67. The molecular weight excluding hydrogens is 294 g/mol. The maximum absolute atomic E-state index is 12.5. The normalized spacial score (nSPS) is 17.1. The lowest BCUT2D eigenvalue weighted by Crippen LogP contribution is -2.41. The first-order valence-electron chi connectivity index (χ1n) is 6.58. The second-order valence-corrected chi connectivity index (χ2v) is 7.14. The second-order valence-electron chi connectivity index (χ2n) is 4.71. The van der Waals surface area contributed by atoms with Crippen molar-refractivity contribution >= 4 is 33.2 Å². The molecule has 1 aromatic rings. The molecule has 0 radical (unpaired) electrons. The lowest BCUT2D eigenvalue weighted by atomic mass is 10.1. The van der Waals surface area contributed by atoms with Crippen molar-refractivity contribution in [3.8, 4) is 0 Å². The van der Waals surface area contributed by atoms with Crippen LogP contribution in [0, 0.1) is 0 Å². The van der Waals surface area contributed by atoms with E-state index in [2.05, 4.69) is 9.97 Å². The van der Waals surface area contributed by atoms with Crippen LogP contribution >= 0.6 is 11.8 Å². The van der Waals surface area contributed by atoms with Gasteiger partial charge in [-0.05, 0) is 31.6 Å². The highest BCUT2D eigenvalue weighted by molar-refractivity contribution is 7.98. The van der Waals surface area contributed by atoms with Crippen molar-refractivity contribution in [2.24, 2.45) is 0 Å². The van der Waals surface area contributed by atoms with Crippen LogP contribution in [-0.4, -0.2) is 30.7 Å². The lowest BCUT2D eigenvalue weighted by Gasteiger charge is -2.33. The maximum atomic E-state index is 12.5. The molecule has 0 amide bonds. The van der Waals surface area contributed by atoms with Crippen molar-refractivity contribution in [1.82, 2.24) is 9.97 Å². The molecule has 0 fully saturated rings. The summed E-state index contributed by atoms with van der Waals surface area (Å²) in [5.41, 5.74) is 1.49. The number of anilines is 1. The number of hydrogen-bond donors (Lipinski definition) is 0. The molecule has 0 aliphatic carbocycles. The summed E-state index contributed by atoms with van der Waals surface area (Å²) in [4.78, 5) is 8.68. The number of fused-ring (bicyclic) bond motifs is 1. The number of nitrogens with zero attached hydrogens (tertiary/aromatic N) is 3. The van der Waals surface area contributed by atoms with Crippen LogP contribution in [0.4, 0.5) is 5.82 Å². The van der Waals surface area contributed by atoms with Gasteiger partial charge in [-0.3, -0.25) is 0 Å². The minimum absolute atomic E-state index is 0.0762. The van der Waals surface area contributed by atoms with Gasteiger partial charge < -0.3 is 0 Å². The average molecular weight is 313 g/mol. The summed E-state index contributed by atoms with van der Waals surface area (Å²) in [5.74, 6) is 0.512. The lowest BCUT2D eigenvalue weighted by molar-refractivity contribution is 0.564. The molecule has 0 spiro atoms. The van der Waals surface area contributed by atoms with Gasteiger partial charge in [0.2, 0.25) is 0 Å². The Morgan fingerprint density at radius 3 is 2.55 bits per heavy atom. The molecular formula is C13H19N3O2S2. The van der Waals surface area contributed by atoms with Crippen LogP contribution in [-0.2, 0) is 10.0 Å². The van der Waals surface area contributed by atoms with Crippen molar-refractivity contribution in [2.75, 3.05) is 10.6 Å². The smallest absolute Gasteiger partial charge is 0.247 e. The van der Waals surface area contributed by atoms with Crippen LogP contribution in [0.1, 0.15) is 39.2 Å². The van der Waals surface area contributed by atoms with E-state index in [0.29, 0.717) is 16.5 Å². The molecule has 0 saturated heterocycles. The third kappa shape index (κ3) is 2.56. The molecule has 0 unspecified atom stereocenters. The molecule has 20 heavy (non-hydrogen) atoms. The summed E-state index contributed by atoms with van der Waals surface area (Å²) in [7, 11) is -3.46. The molecule has 2 heterocycles. The highest BCUT2D eigenvalue weighted by atomic mass is 32.2. The van der Waals surface area contributed by atoms with E-state index in [9.17, 15) is 8.42 Å². The Morgan fingerprint density at radius 1 is 1.35 bits per heavy atom. The Morgan fingerprint density at radius 2 is 2.00 bits per heavy atom. The Balaban J connectivity index is 2.68. The summed E-state index contributed by atoms with van der Waals surface area (Å²) in [5, 5.41) is 1.90. The first-order chi connectivity index (χ1) is 9.44. The minimum Gasteiger partial charge on any atom is -0.247 e. The van der Waals surface area contributed by atoms with Crippen molar-refractivity contribution in [3.05, 3.63) is 17.2 Å². The molecule has 7 heteroatoms. The fourth-order valence-electron chi connectivity index (χ4n) is 2.37. The van der Waals surface area contributed by atoms with Gasteiger partial charge in [0.15, 0.2) is 11.0 Å². The number of hydrogen-bond acceptors (Lipinski definition) is 5. The molecule has 0 aromatic carbocycles. The second kappa shape index (κ2) is 5.73. The van der Waals surface area contributed by atoms with E-state index in [1.165, 1.54) is 21.5 Å². The molecule has 2 rings (SSSR count). The number of aromatic nitrogens is 2. The van der Waals surface area contributed by atoms with E-state index >= 15 is 0 Å².